The molecule has 0 amide bonds. The van der Waals surface area contributed by atoms with E-state index in [9.17, 15) is 9.59 Å². The van der Waals surface area contributed by atoms with Crippen LogP contribution in [-0.4, -0.2) is 37.1 Å². The van der Waals surface area contributed by atoms with E-state index in [-0.39, 0.29) is 0 Å². The summed E-state index contributed by atoms with van der Waals surface area (Å²) in [5, 5.41) is 0. The molecule has 0 N–H and O–H groups in total. The van der Waals surface area contributed by atoms with Crippen LogP contribution in [0.3, 0.4) is 0 Å². The van der Waals surface area contributed by atoms with Crippen molar-refractivity contribution in [3.05, 3.63) is 58.9 Å². The van der Waals surface area contributed by atoms with Crippen molar-refractivity contribution >= 4 is 11.9 Å². The van der Waals surface area contributed by atoms with Gasteiger partial charge in [0.25, 0.3) is 0 Å². The van der Waals surface area contributed by atoms with Crippen LogP contribution in [0.4, 0.5) is 0 Å². The van der Waals surface area contributed by atoms with Gasteiger partial charge in [0.2, 0.25) is 0 Å². The lowest BCUT2D eigenvalue weighted by atomic mass is 9.82. The van der Waals surface area contributed by atoms with Crippen LogP contribution in [0.2, 0.25) is 0 Å². The molecule has 150 valence electrons. The Morgan fingerprint density at radius 3 is 1.86 bits per heavy atom. The fraction of sp³-hybridized carbons (Fsp3) is 0.478. The average Bonchev–Trinajstić information content (AvgIpc) is 3.26. The zero-order chi connectivity index (χ0) is 20.3. The normalized spacial score (nSPS) is 18.1. The van der Waals surface area contributed by atoms with Gasteiger partial charge in [-0.1, -0.05) is 51.0 Å². The highest BCUT2D eigenvalue weighted by atomic mass is 16.5. The van der Waals surface area contributed by atoms with Crippen LogP contribution in [0, 0.1) is 0 Å². The molecular formula is C23H29NO4. The molecule has 0 unspecified atom stereocenters. The second kappa shape index (κ2) is 8.63. The van der Waals surface area contributed by atoms with Gasteiger partial charge in [0.05, 0.1) is 31.3 Å². The first-order valence-electron chi connectivity index (χ1n) is 9.93. The third-order valence-corrected chi connectivity index (χ3v) is 5.72. The Kier molecular flexibility index (Phi) is 6.22. The highest BCUT2D eigenvalue weighted by Crippen LogP contribution is 2.39. The van der Waals surface area contributed by atoms with Gasteiger partial charge in [0.15, 0.2) is 0 Å². The highest BCUT2D eigenvalue weighted by molar-refractivity contribution is 5.98. The van der Waals surface area contributed by atoms with Crippen LogP contribution in [-0.2, 0) is 19.1 Å². The molecule has 0 atom stereocenters. The quantitative estimate of drug-likeness (QED) is 0.711. The largest absolute Gasteiger partial charge is 0.466 e. The Labute approximate surface area is 167 Å². The zero-order valence-electron chi connectivity index (χ0n) is 17.1. The fourth-order valence-electron chi connectivity index (χ4n) is 4.10. The molecule has 1 aromatic carbocycles. The molecule has 1 aromatic rings. The summed E-state index contributed by atoms with van der Waals surface area (Å²) in [5.41, 5.74) is 3.02. The lowest BCUT2D eigenvalue weighted by molar-refractivity contribution is -0.137. The molecule has 2 aliphatic rings. The number of hydrogen-bond acceptors (Lipinski definition) is 5. The van der Waals surface area contributed by atoms with Crippen molar-refractivity contribution in [2.45, 2.75) is 57.4 Å². The maximum absolute atomic E-state index is 12.6. The molecule has 0 aromatic heterocycles. The van der Waals surface area contributed by atoms with Gasteiger partial charge in [-0.05, 0) is 29.9 Å². The first kappa shape index (κ1) is 20.2. The molecule has 1 fully saturated rings. The number of hydrogen-bond donors (Lipinski definition) is 0. The van der Waals surface area contributed by atoms with Crippen molar-refractivity contribution in [1.29, 1.82) is 0 Å². The predicted molar refractivity (Wildman–Crippen MR) is 108 cm³/mol. The summed E-state index contributed by atoms with van der Waals surface area (Å²) in [6.45, 7) is 4.27. The van der Waals surface area contributed by atoms with Crippen LogP contribution in [0.25, 0.3) is 0 Å². The standard InChI is InChI=1S/C23H29NO4/c1-15(2)16-9-11-17(12-10-16)21-19(22(25)27-3)13-24(18-7-5-6-8-18)14-20(21)23(26)28-4/h9-15,18,21H,5-8H2,1-4H3. The Balaban J connectivity index is 2.07. The molecule has 5 nitrogen and oxygen atoms in total. The van der Waals surface area contributed by atoms with Crippen LogP contribution in [0.15, 0.2) is 47.8 Å². The Hall–Kier alpha value is -2.56. The summed E-state index contributed by atoms with van der Waals surface area (Å²) in [5.74, 6) is -0.936. The number of ether oxygens (including phenoxy) is 2. The molecule has 28 heavy (non-hydrogen) atoms. The van der Waals surface area contributed by atoms with Gasteiger partial charge in [0, 0.05) is 18.4 Å². The van der Waals surface area contributed by atoms with Gasteiger partial charge in [-0.25, -0.2) is 9.59 Å². The molecule has 5 heteroatoms. The summed E-state index contributed by atoms with van der Waals surface area (Å²) in [6.07, 6.45) is 8.12. The fourth-order valence-corrected chi connectivity index (χ4v) is 4.10. The summed E-state index contributed by atoms with van der Waals surface area (Å²) < 4.78 is 10.1. The third kappa shape index (κ3) is 3.98. The minimum Gasteiger partial charge on any atom is -0.466 e. The minimum atomic E-state index is -0.501. The Morgan fingerprint density at radius 1 is 0.929 bits per heavy atom. The van der Waals surface area contributed by atoms with Gasteiger partial charge in [-0.3, -0.25) is 0 Å². The highest BCUT2D eigenvalue weighted by Gasteiger charge is 2.36. The van der Waals surface area contributed by atoms with Crippen molar-refractivity contribution in [1.82, 2.24) is 4.90 Å². The number of carbonyl (C=O) groups excluding carboxylic acids is 2. The van der Waals surface area contributed by atoms with Crippen molar-refractivity contribution in [2.24, 2.45) is 0 Å². The number of benzene rings is 1. The maximum atomic E-state index is 12.6. The van der Waals surface area contributed by atoms with Gasteiger partial charge < -0.3 is 14.4 Å². The van der Waals surface area contributed by atoms with Gasteiger partial charge in [-0.2, -0.15) is 0 Å². The molecule has 0 spiro atoms. The topological polar surface area (TPSA) is 55.8 Å². The SMILES string of the molecule is COC(=O)C1=CN(C2CCCC2)C=C(C(=O)OC)C1c1ccc(C(C)C)cc1. The van der Waals surface area contributed by atoms with Crippen LogP contribution in [0.5, 0.6) is 0 Å². The summed E-state index contributed by atoms with van der Waals surface area (Å²) in [4.78, 5) is 27.3. The van der Waals surface area contributed by atoms with E-state index < -0.39 is 17.9 Å². The van der Waals surface area contributed by atoms with Crippen LogP contribution < -0.4 is 0 Å². The summed E-state index contributed by atoms with van der Waals surface area (Å²) in [6, 6.07) is 8.36. The molecule has 3 rings (SSSR count). The van der Waals surface area contributed by atoms with Gasteiger partial charge in [-0.15, -0.1) is 0 Å². The Bertz CT molecular complexity index is 751. The van der Waals surface area contributed by atoms with Crippen molar-refractivity contribution < 1.29 is 19.1 Å². The maximum Gasteiger partial charge on any atom is 0.336 e. The molecule has 1 saturated carbocycles. The number of methoxy groups -OCH3 is 2. The first-order valence-corrected chi connectivity index (χ1v) is 9.93. The summed E-state index contributed by atoms with van der Waals surface area (Å²) in [7, 11) is 2.75. The lowest BCUT2D eigenvalue weighted by Gasteiger charge is -2.33. The van der Waals surface area contributed by atoms with E-state index >= 15 is 0 Å². The molecular weight excluding hydrogens is 354 g/mol. The van der Waals surface area contributed by atoms with E-state index in [1.165, 1.54) is 19.8 Å². The molecule has 0 bridgehead atoms. The van der Waals surface area contributed by atoms with Gasteiger partial charge in [0.1, 0.15) is 0 Å². The number of rotatable bonds is 5. The van der Waals surface area contributed by atoms with E-state index in [2.05, 4.69) is 13.8 Å². The van der Waals surface area contributed by atoms with E-state index in [0.29, 0.717) is 23.1 Å². The molecule has 1 heterocycles. The van der Waals surface area contributed by atoms with Crippen LogP contribution >= 0.6 is 0 Å². The van der Waals surface area contributed by atoms with Crippen molar-refractivity contribution in [3.8, 4) is 0 Å². The third-order valence-electron chi connectivity index (χ3n) is 5.72. The number of carbonyl (C=O) groups is 2. The second-order valence-electron chi connectivity index (χ2n) is 7.79. The van der Waals surface area contributed by atoms with Gasteiger partial charge >= 0.3 is 11.9 Å². The molecule has 1 aliphatic carbocycles. The second-order valence-corrected chi connectivity index (χ2v) is 7.79. The predicted octanol–water partition coefficient (Wildman–Crippen LogP) is 4.27. The van der Waals surface area contributed by atoms with E-state index in [1.54, 1.807) is 0 Å². The number of esters is 2. The lowest BCUT2D eigenvalue weighted by Crippen LogP contribution is -2.33. The monoisotopic (exact) mass is 383 g/mol. The minimum absolute atomic E-state index is 0.295. The summed E-state index contributed by atoms with van der Waals surface area (Å²) >= 11 is 0. The average molecular weight is 383 g/mol. The van der Waals surface area contributed by atoms with Crippen molar-refractivity contribution in [3.63, 3.8) is 0 Å². The van der Waals surface area contributed by atoms with Crippen molar-refractivity contribution in [2.75, 3.05) is 14.2 Å². The molecule has 1 aliphatic heterocycles. The smallest absolute Gasteiger partial charge is 0.336 e. The number of nitrogens with zero attached hydrogens (tertiary/aromatic N) is 1. The van der Waals surface area contributed by atoms with E-state index in [4.69, 9.17) is 9.47 Å². The first-order chi connectivity index (χ1) is 13.5. The Morgan fingerprint density at radius 2 is 1.43 bits per heavy atom. The molecule has 0 radical (unpaired) electrons. The van der Waals surface area contributed by atoms with Crippen LogP contribution in [0.1, 0.15) is 62.5 Å². The molecule has 0 saturated heterocycles. The van der Waals surface area contributed by atoms with E-state index in [0.717, 1.165) is 31.2 Å². The van der Waals surface area contributed by atoms with E-state index in [1.807, 2.05) is 41.6 Å². The zero-order valence-corrected chi connectivity index (χ0v) is 17.1.